The van der Waals surface area contributed by atoms with Gasteiger partial charge in [0.05, 0.1) is 47.1 Å². The number of methoxy groups -OCH3 is 1. The summed E-state index contributed by atoms with van der Waals surface area (Å²) in [4.78, 5) is 9.13. The number of hydrogen-bond acceptors (Lipinski definition) is 4. The van der Waals surface area contributed by atoms with Gasteiger partial charge in [-0.3, -0.25) is 0 Å². The molecule has 4 rings (SSSR count). The molecule has 0 amide bonds. The van der Waals surface area contributed by atoms with Crippen LogP contribution in [0.25, 0.3) is 17.1 Å². The molecule has 0 aliphatic carbocycles. The number of hydrogen-bond donors (Lipinski definition) is 0. The maximum Gasteiger partial charge on any atom is 0.162 e. The summed E-state index contributed by atoms with van der Waals surface area (Å²) in [5.41, 5.74) is 3.95. The average Bonchev–Trinajstić information content (AvgIpc) is 3.07. The van der Waals surface area contributed by atoms with E-state index in [9.17, 15) is 0 Å². The maximum absolute atomic E-state index is 6.49. The van der Waals surface area contributed by atoms with Crippen LogP contribution in [-0.2, 0) is 17.7 Å². The van der Waals surface area contributed by atoms with Gasteiger partial charge in [0.25, 0.3) is 0 Å². The highest BCUT2D eigenvalue weighted by molar-refractivity contribution is 6.33. The van der Waals surface area contributed by atoms with Crippen LogP contribution in [0.15, 0.2) is 24.5 Å². The first-order valence-corrected chi connectivity index (χ1v) is 7.81. The summed E-state index contributed by atoms with van der Waals surface area (Å²) >= 11 is 6.49. The third-order valence-corrected chi connectivity index (χ3v) is 4.41. The minimum absolute atomic E-state index is 0.593. The van der Waals surface area contributed by atoms with E-state index in [2.05, 4.69) is 14.6 Å². The van der Waals surface area contributed by atoms with E-state index in [0.29, 0.717) is 24.6 Å². The summed E-state index contributed by atoms with van der Waals surface area (Å²) < 4.78 is 9.11. The fourth-order valence-electron chi connectivity index (χ4n) is 2.92. The molecule has 6 nitrogen and oxygen atoms in total. The van der Waals surface area contributed by atoms with Crippen molar-refractivity contribution in [2.24, 2.45) is 0 Å². The summed E-state index contributed by atoms with van der Waals surface area (Å²) in [6, 6.07) is 5.85. The minimum Gasteiger partial charge on any atom is -0.384 e. The molecule has 1 aromatic carbocycles. The predicted octanol–water partition coefficient (Wildman–Crippen LogP) is 2.64. The van der Waals surface area contributed by atoms with Gasteiger partial charge >= 0.3 is 0 Å². The highest BCUT2D eigenvalue weighted by Crippen LogP contribution is 2.36. The third-order valence-electron chi connectivity index (χ3n) is 4.09. The molecule has 0 atom stereocenters. The molecule has 2 aromatic heterocycles. The fraction of sp³-hybridized carbons (Fsp3) is 0.312. The first kappa shape index (κ1) is 14.4. The van der Waals surface area contributed by atoms with Gasteiger partial charge in [0.15, 0.2) is 11.6 Å². The van der Waals surface area contributed by atoms with Gasteiger partial charge in [-0.15, -0.1) is 0 Å². The van der Waals surface area contributed by atoms with Crippen LogP contribution < -0.4 is 0 Å². The minimum atomic E-state index is 0.593. The van der Waals surface area contributed by atoms with E-state index in [1.807, 2.05) is 36.1 Å². The molecule has 0 spiro atoms. The molecule has 23 heavy (non-hydrogen) atoms. The van der Waals surface area contributed by atoms with E-state index in [0.717, 1.165) is 34.3 Å². The normalized spacial score (nSPS) is 12.5. The van der Waals surface area contributed by atoms with Crippen molar-refractivity contribution in [2.75, 3.05) is 13.7 Å². The molecule has 7 heteroatoms. The molecule has 3 heterocycles. The van der Waals surface area contributed by atoms with E-state index in [4.69, 9.17) is 21.3 Å². The van der Waals surface area contributed by atoms with Crippen LogP contribution in [0.4, 0.5) is 0 Å². The molecule has 0 saturated heterocycles. The highest BCUT2D eigenvalue weighted by atomic mass is 35.5. The van der Waals surface area contributed by atoms with Gasteiger partial charge < -0.3 is 9.30 Å². The number of aryl methyl sites for hydroxylation is 1. The summed E-state index contributed by atoms with van der Waals surface area (Å²) in [5, 5.41) is 5.29. The first-order valence-electron chi connectivity index (χ1n) is 7.43. The number of benzene rings is 1. The van der Waals surface area contributed by atoms with Crippen LogP contribution in [0.1, 0.15) is 17.2 Å². The fourth-order valence-corrected chi connectivity index (χ4v) is 3.18. The number of ether oxygens (including phenoxy) is 1. The summed E-state index contributed by atoms with van der Waals surface area (Å²) in [7, 11) is 1.68. The lowest BCUT2D eigenvalue weighted by Crippen LogP contribution is -2.06. The zero-order valence-electron chi connectivity index (χ0n) is 13.0. The van der Waals surface area contributed by atoms with Gasteiger partial charge in [0.1, 0.15) is 0 Å². The molecule has 0 bridgehead atoms. The van der Waals surface area contributed by atoms with Crippen LogP contribution in [-0.4, -0.2) is 38.0 Å². The number of aromatic nitrogens is 5. The van der Waals surface area contributed by atoms with E-state index in [1.165, 1.54) is 0 Å². The molecule has 3 aromatic rings. The van der Waals surface area contributed by atoms with Gasteiger partial charge in [-0.1, -0.05) is 17.7 Å². The van der Waals surface area contributed by atoms with Crippen molar-refractivity contribution in [3.63, 3.8) is 0 Å². The third kappa shape index (κ3) is 2.26. The largest absolute Gasteiger partial charge is 0.384 e. The second kappa shape index (κ2) is 5.47. The molecule has 1 aliphatic heterocycles. The molecular formula is C16H16ClN5O. The molecule has 1 aliphatic rings. The molecule has 0 radical (unpaired) electrons. The van der Waals surface area contributed by atoms with E-state index < -0.39 is 0 Å². The Morgan fingerprint density at radius 1 is 1.35 bits per heavy atom. The molecule has 118 valence electrons. The maximum atomic E-state index is 6.49. The van der Waals surface area contributed by atoms with Crippen molar-refractivity contribution in [1.29, 1.82) is 0 Å². The Kier molecular flexibility index (Phi) is 3.43. The zero-order valence-corrected chi connectivity index (χ0v) is 13.7. The van der Waals surface area contributed by atoms with E-state index in [1.54, 1.807) is 7.11 Å². The van der Waals surface area contributed by atoms with Crippen molar-refractivity contribution in [2.45, 2.75) is 19.9 Å². The van der Waals surface area contributed by atoms with Crippen LogP contribution in [0.5, 0.6) is 0 Å². The smallest absolute Gasteiger partial charge is 0.162 e. The van der Waals surface area contributed by atoms with Crippen molar-refractivity contribution >= 4 is 11.6 Å². The molecule has 0 fully saturated rings. The number of imidazole rings is 1. The molecule has 0 unspecified atom stereocenters. The average molecular weight is 330 g/mol. The van der Waals surface area contributed by atoms with Gasteiger partial charge in [-0.05, 0) is 19.1 Å². The number of fused-ring (bicyclic) bond motifs is 5. The Morgan fingerprint density at radius 3 is 3.04 bits per heavy atom. The Morgan fingerprint density at radius 2 is 2.22 bits per heavy atom. The standard InChI is InChI=1S/C16H16ClN5O/c1-10-13-8-22-16(19-14(20-22)6-7-23-2)15-11(17)4-3-5-12(15)21(13)9-18-10/h3-5,9H,6-8H2,1-2H3. The Labute approximate surface area is 138 Å². The van der Waals surface area contributed by atoms with Crippen LogP contribution in [0.3, 0.4) is 0 Å². The number of rotatable bonds is 3. The molecular weight excluding hydrogens is 314 g/mol. The van der Waals surface area contributed by atoms with E-state index >= 15 is 0 Å². The lowest BCUT2D eigenvalue weighted by atomic mass is 10.1. The van der Waals surface area contributed by atoms with Crippen LogP contribution in [0, 0.1) is 6.92 Å². The van der Waals surface area contributed by atoms with Crippen molar-refractivity contribution in [3.8, 4) is 17.1 Å². The summed E-state index contributed by atoms with van der Waals surface area (Å²) in [6.45, 7) is 3.21. The molecule has 0 N–H and O–H groups in total. The zero-order chi connectivity index (χ0) is 16.0. The van der Waals surface area contributed by atoms with Crippen molar-refractivity contribution < 1.29 is 4.74 Å². The lowest BCUT2D eigenvalue weighted by Gasteiger charge is -2.09. The highest BCUT2D eigenvalue weighted by Gasteiger charge is 2.25. The van der Waals surface area contributed by atoms with Gasteiger partial charge in [0.2, 0.25) is 0 Å². The van der Waals surface area contributed by atoms with Gasteiger partial charge in [-0.25, -0.2) is 14.6 Å². The molecule has 0 saturated carbocycles. The SMILES string of the molecule is COCCc1nc2n(n1)Cc1c(C)ncn1-c1cccc(Cl)c1-2. The quantitative estimate of drug-likeness (QED) is 0.580. The van der Waals surface area contributed by atoms with Crippen LogP contribution >= 0.6 is 11.6 Å². The van der Waals surface area contributed by atoms with Crippen molar-refractivity contribution in [1.82, 2.24) is 24.3 Å². The number of halogens is 1. The van der Waals surface area contributed by atoms with Crippen molar-refractivity contribution in [3.05, 3.63) is 46.8 Å². The predicted molar refractivity (Wildman–Crippen MR) is 87.0 cm³/mol. The second-order valence-electron chi connectivity index (χ2n) is 5.53. The number of nitrogens with zero attached hydrogens (tertiary/aromatic N) is 5. The van der Waals surface area contributed by atoms with Crippen LogP contribution in [0.2, 0.25) is 5.02 Å². The summed E-state index contributed by atoms with van der Waals surface area (Å²) in [6.07, 6.45) is 2.51. The van der Waals surface area contributed by atoms with Gasteiger partial charge in [-0.2, -0.15) is 5.10 Å². The first-order chi connectivity index (χ1) is 11.2. The Balaban J connectivity index is 1.96. The van der Waals surface area contributed by atoms with Gasteiger partial charge in [0, 0.05) is 13.5 Å². The Bertz CT molecular complexity index is 883. The summed E-state index contributed by atoms with van der Waals surface area (Å²) in [5.74, 6) is 1.55. The topological polar surface area (TPSA) is 57.8 Å². The lowest BCUT2D eigenvalue weighted by molar-refractivity contribution is 0.200. The Hall–Kier alpha value is -2.18. The monoisotopic (exact) mass is 329 g/mol. The van der Waals surface area contributed by atoms with E-state index in [-0.39, 0.29) is 0 Å². The second-order valence-corrected chi connectivity index (χ2v) is 5.94.